The van der Waals surface area contributed by atoms with Crippen LogP contribution in [0.2, 0.25) is 5.02 Å². The maximum Gasteiger partial charge on any atom is 0.391 e. The van der Waals surface area contributed by atoms with Crippen LogP contribution in [-0.4, -0.2) is 46.9 Å². The summed E-state index contributed by atoms with van der Waals surface area (Å²) in [6.07, 6.45) is -4.15. The molecule has 1 fully saturated rings. The van der Waals surface area contributed by atoms with Gasteiger partial charge in [0, 0.05) is 26.2 Å². The van der Waals surface area contributed by atoms with Crippen molar-refractivity contribution >= 4 is 17.3 Å². The zero-order valence-corrected chi connectivity index (χ0v) is 15.8. The predicted molar refractivity (Wildman–Crippen MR) is 98.1 cm³/mol. The number of aryl methyl sites for hydroxylation is 1. The summed E-state index contributed by atoms with van der Waals surface area (Å²) in [4.78, 5) is 15.1. The highest BCUT2D eigenvalue weighted by Crippen LogP contribution is 2.32. The number of nitrogens with zero attached hydrogens (tertiary/aromatic N) is 3. The van der Waals surface area contributed by atoms with Gasteiger partial charge in [0.15, 0.2) is 0 Å². The highest BCUT2D eigenvalue weighted by Gasteiger charge is 2.38. The van der Waals surface area contributed by atoms with E-state index in [9.17, 15) is 22.4 Å². The lowest BCUT2D eigenvalue weighted by molar-refractivity contribution is -0.140. The van der Waals surface area contributed by atoms with E-state index in [1.54, 1.807) is 13.0 Å². The SMILES string of the molecule is Cc1cc(F)ccc1CN1CCN(c2cn[nH]c(=O)c2Cl)[C@H](CC(F)(F)F)C1. The molecule has 1 atom stereocenters. The van der Waals surface area contributed by atoms with Gasteiger partial charge in [-0.2, -0.15) is 18.3 Å². The molecule has 0 unspecified atom stereocenters. The Morgan fingerprint density at radius 3 is 2.75 bits per heavy atom. The monoisotopic (exact) mass is 418 g/mol. The summed E-state index contributed by atoms with van der Waals surface area (Å²) in [5.74, 6) is -0.350. The molecular formula is C18H19ClF4N4O. The summed E-state index contributed by atoms with van der Waals surface area (Å²) in [5.41, 5.74) is 1.15. The van der Waals surface area contributed by atoms with Crippen molar-refractivity contribution in [2.75, 3.05) is 24.5 Å². The Morgan fingerprint density at radius 1 is 1.32 bits per heavy atom. The van der Waals surface area contributed by atoms with Crippen molar-refractivity contribution in [3.8, 4) is 0 Å². The Balaban J connectivity index is 1.83. The molecule has 1 saturated heterocycles. The summed E-state index contributed by atoms with van der Waals surface area (Å²) in [5, 5.41) is 5.65. The van der Waals surface area contributed by atoms with Gasteiger partial charge >= 0.3 is 6.18 Å². The molecule has 28 heavy (non-hydrogen) atoms. The zero-order chi connectivity index (χ0) is 20.5. The fraction of sp³-hybridized carbons (Fsp3) is 0.444. The Labute approximate surface area is 163 Å². The van der Waals surface area contributed by atoms with E-state index in [4.69, 9.17) is 11.6 Å². The van der Waals surface area contributed by atoms with Gasteiger partial charge in [0.2, 0.25) is 0 Å². The second-order valence-electron chi connectivity index (χ2n) is 6.87. The first-order valence-electron chi connectivity index (χ1n) is 8.68. The minimum Gasteiger partial charge on any atom is -0.363 e. The van der Waals surface area contributed by atoms with Crippen LogP contribution in [-0.2, 0) is 6.54 Å². The van der Waals surface area contributed by atoms with E-state index >= 15 is 0 Å². The summed E-state index contributed by atoms with van der Waals surface area (Å²) in [6, 6.07) is 3.47. The van der Waals surface area contributed by atoms with E-state index in [1.165, 1.54) is 23.2 Å². The topological polar surface area (TPSA) is 52.2 Å². The van der Waals surface area contributed by atoms with E-state index in [0.717, 1.165) is 11.1 Å². The van der Waals surface area contributed by atoms with Crippen LogP contribution in [0.3, 0.4) is 0 Å². The Bertz CT molecular complexity index is 902. The summed E-state index contributed by atoms with van der Waals surface area (Å²) < 4.78 is 52.8. The Morgan fingerprint density at radius 2 is 2.07 bits per heavy atom. The first kappa shape index (κ1) is 20.6. The minimum absolute atomic E-state index is 0.124. The quantitative estimate of drug-likeness (QED) is 0.772. The highest BCUT2D eigenvalue weighted by atomic mass is 35.5. The number of hydrogen-bond acceptors (Lipinski definition) is 4. The molecule has 0 bridgehead atoms. The highest BCUT2D eigenvalue weighted by molar-refractivity contribution is 6.33. The number of aromatic nitrogens is 2. The van der Waals surface area contributed by atoms with E-state index in [2.05, 4.69) is 10.2 Å². The van der Waals surface area contributed by atoms with Crippen LogP contribution in [0.25, 0.3) is 0 Å². The van der Waals surface area contributed by atoms with Gasteiger partial charge in [0.05, 0.1) is 24.3 Å². The fourth-order valence-corrected chi connectivity index (χ4v) is 3.67. The van der Waals surface area contributed by atoms with Crippen LogP contribution in [0.15, 0.2) is 29.2 Å². The van der Waals surface area contributed by atoms with Crippen molar-refractivity contribution < 1.29 is 17.6 Å². The van der Waals surface area contributed by atoms with Gasteiger partial charge in [-0.15, -0.1) is 0 Å². The third-order valence-corrected chi connectivity index (χ3v) is 5.18. The lowest BCUT2D eigenvalue weighted by Gasteiger charge is -2.43. The van der Waals surface area contributed by atoms with Gasteiger partial charge in [-0.25, -0.2) is 9.49 Å². The van der Waals surface area contributed by atoms with E-state index in [1.807, 2.05) is 4.90 Å². The van der Waals surface area contributed by atoms with Crippen LogP contribution < -0.4 is 10.5 Å². The van der Waals surface area contributed by atoms with Crippen molar-refractivity contribution in [1.29, 1.82) is 0 Å². The molecule has 2 heterocycles. The summed E-state index contributed by atoms with van der Waals surface area (Å²) >= 11 is 6.01. The predicted octanol–water partition coefficient (Wildman–Crippen LogP) is 3.51. The Kier molecular flexibility index (Phi) is 5.95. The number of anilines is 1. The standard InChI is InChI=1S/C18H19ClF4N4O/c1-11-6-13(20)3-2-12(11)9-26-4-5-27(14(10-26)7-18(21,22)23)15-8-24-25-17(28)16(15)19/h2-3,6,8,14H,4-5,7,9-10H2,1H3,(H,25,28)/t14-/m1/s1. The van der Waals surface area contributed by atoms with Crippen LogP contribution in [0, 0.1) is 12.7 Å². The number of rotatable bonds is 4. The first-order chi connectivity index (χ1) is 13.1. The van der Waals surface area contributed by atoms with Gasteiger partial charge in [-0.1, -0.05) is 17.7 Å². The third kappa shape index (κ3) is 4.82. The van der Waals surface area contributed by atoms with Crippen molar-refractivity contribution in [3.63, 3.8) is 0 Å². The second-order valence-corrected chi connectivity index (χ2v) is 7.25. The van der Waals surface area contributed by atoms with Crippen LogP contribution in [0.4, 0.5) is 23.2 Å². The normalized spacial score (nSPS) is 18.5. The van der Waals surface area contributed by atoms with Crippen molar-refractivity contribution in [1.82, 2.24) is 15.1 Å². The number of alkyl halides is 3. The van der Waals surface area contributed by atoms with Crippen LogP contribution in [0.5, 0.6) is 0 Å². The molecule has 0 saturated carbocycles. The molecule has 0 spiro atoms. The average Bonchev–Trinajstić information content (AvgIpc) is 2.59. The van der Waals surface area contributed by atoms with Gasteiger partial charge < -0.3 is 4.90 Å². The molecule has 2 aromatic rings. The number of benzene rings is 1. The van der Waals surface area contributed by atoms with Crippen molar-refractivity contribution in [3.05, 3.63) is 56.7 Å². The lowest BCUT2D eigenvalue weighted by Crippen LogP contribution is -2.54. The molecule has 3 rings (SSSR count). The molecule has 5 nitrogen and oxygen atoms in total. The number of halogens is 5. The number of piperazine rings is 1. The number of nitrogens with one attached hydrogen (secondary N) is 1. The molecular weight excluding hydrogens is 400 g/mol. The van der Waals surface area contributed by atoms with E-state index in [-0.39, 0.29) is 29.6 Å². The molecule has 1 aromatic heterocycles. The summed E-state index contributed by atoms with van der Waals surface area (Å²) in [7, 11) is 0. The summed E-state index contributed by atoms with van der Waals surface area (Å²) in [6.45, 7) is 3.03. The zero-order valence-electron chi connectivity index (χ0n) is 15.1. The molecule has 152 valence electrons. The van der Waals surface area contributed by atoms with Crippen LogP contribution in [0.1, 0.15) is 17.5 Å². The lowest BCUT2D eigenvalue weighted by atomic mass is 10.0. The van der Waals surface area contributed by atoms with Crippen molar-refractivity contribution in [2.24, 2.45) is 0 Å². The number of H-pyrrole nitrogens is 1. The van der Waals surface area contributed by atoms with E-state index in [0.29, 0.717) is 13.1 Å². The molecule has 0 radical (unpaired) electrons. The molecule has 1 N–H and O–H groups in total. The molecule has 10 heteroatoms. The maximum absolute atomic E-state index is 13.3. The third-order valence-electron chi connectivity index (χ3n) is 4.82. The molecule has 1 aliphatic heterocycles. The number of aromatic amines is 1. The van der Waals surface area contributed by atoms with Gasteiger partial charge in [-0.3, -0.25) is 9.69 Å². The average molecular weight is 419 g/mol. The molecule has 0 aliphatic carbocycles. The molecule has 1 aromatic carbocycles. The van der Waals surface area contributed by atoms with Gasteiger partial charge in [-0.05, 0) is 30.2 Å². The van der Waals surface area contributed by atoms with Crippen LogP contribution >= 0.6 is 11.6 Å². The smallest absolute Gasteiger partial charge is 0.363 e. The van der Waals surface area contributed by atoms with Gasteiger partial charge in [0.25, 0.3) is 5.56 Å². The molecule has 0 amide bonds. The van der Waals surface area contributed by atoms with Crippen molar-refractivity contribution in [2.45, 2.75) is 32.1 Å². The van der Waals surface area contributed by atoms with Gasteiger partial charge in [0.1, 0.15) is 10.8 Å². The Hall–Kier alpha value is -2.13. The second kappa shape index (κ2) is 8.08. The number of hydrogen-bond donors (Lipinski definition) is 1. The fourth-order valence-electron chi connectivity index (χ4n) is 3.47. The minimum atomic E-state index is -4.38. The molecule has 1 aliphatic rings. The largest absolute Gasteiger partial charge is 0.391 e. The van der Waals surface area contributed by atoms with E-state index < -0.39 is 24.2 Å². The first-order valence-corrected chi connectivity index (χ1v) is 9.06. The maximum atomic E-state index is 13.3.